The lowest BCUT2D eigenvalue weighted by atomic mass is 10.1. The van der Waals surface area contributed by atoms with Crippen molar-refractivity contribution in [1.29, 1.82) is 0 Å². The summed E-state index contributed by atoms with van der Waals surface area (Å²) in [7, 11) is 0. The lowest BCUT2D eigenvalue weighted by Crippen LogP contribution is -2.28. The van der Waals surface area contributed by atoms with E-state index in [4.69, 9.17) is 11.6 Å². The highest BCUT2D eigenvalue weighted by atomic mass is 79.9. The van der Waals surface area contributed by atoms with Gasteiger partial charge in [-0.25, -0.2) is 0 Å². The predicted molar refractivity (Wildman–Crippen MR) is 98.7 cm³/mol. The molecule has 0 N–H and O–H groups in total. The summed E-state index contributed by atoms with van der Waals surface area (Å²) >= 11 is 9.44. The third-order valence-electron chi connectivity index (χ3n) is 4.55. The smallest absolute Gasteiger partial charge is 0.0484 e. The summed E-state index contributed by atoms with van der Waals surface area (Å²) in [6.07, 6.45) is 8.67. The molecule has 120 valence electrons. The van der Waals surface area contributed by atoms with Crippen molar-refractivity contribution >= 4 is 38.4 Å². The molecule has 0 aliphatic carbocycles. The second kappa shape index (κ2) is 7.85. The minimum Gasteiger partial charge on any atom is -0.347 e. The second-order valence-corrected chi connectivity index (χ2v) is 7.54. The van der Waals surface area contributed by atoms with Crippen molar-refractivity contribution in [3.63, 3.8) is 0 Å². The van der Waals surface area contributed by atoms with Gasteiger partial charge in [0.1, 0.15) is 0 Å². The zero-order chi connectivity index (χ0) is 15.4. The first-order chi connectivity index (χ1) is 10.8. The minimum absolute atomic E-state index is 0.755. The lowest BCUT2D eigenvalue weighted by molar-refractivity contribution is 0.221. The second-order valence-electron chi connectivity index (χ2n) is 6.24. The number of nitrogens with zero attached hydrogens (tertiary/aromatic N) is 2. The molecule has 4 heteroatoms. The summed E-state index contributed by atoms with van der Waals surface area (Å²) in [5.74, 6) is 0.755. The molecule has 0 bridgehead atoms. The van der Waals surface area contributed by atoms with E-state index >= 15 is 0 Å². The van der Waals surface area contributed by atoms with Crippen molar-refractivity contribution in [2.75, 3.05) is 19.0 Å². The van der Waals surface area contributed by atoms with E-state index in [1.54, 1.807) is 0 Å². The molecular weight excluding hydrogens is 360 g/mol. The van der Waals surface area contributed by atoms with Crippen LogP contribution in [0, 0.1) is 0 Å². The number of piperidine rings is 1. The zero-order valence-electron chi connectivity index (χ0n) is 13.0. The first-order valence-corrected chi connectivity index (χ1v) is 9.66. The Hall–Kier alpha value is -0.510. The number of likely N-dealkylation sites (tertiary alicyclic amines) is 1. The Labute approximate surface area is 146 Å². The van der Waals surface area contributed by atoms with Crippen LogP contribution < -0.4 is 0 Å². The molecule has 1 aromatic heterocycles. The summed E-state index contributed by atoms with van der Waals surface area (Å²) in [5.41, 5.74) is 2.81. The molecule has 0 radical (unpaired) electrons. The molecule has 0 spiro atoms. The van der Waals surface area contributed by atoms with Gasteiger partial charge < -0.3 is 4.57 Å². The Kier molecular flexibility index (Phi) is 5.83. The SMILES string of the molecule is ClCCCCn1cc(CN2CCCCC2)c2cc(Br)ccc21. The minimum atomic E-state index is 0.755. The van der Waals surface area contributed by atoms with E-state index in [1.807, 2.05) is 0 Å². The Balaban J connectivity index is 1.85. The van der Waals surface area contributed by atoms with Crippen LogP contribution in [-0.4, -0.2) is 28.4 Å². The summed E-state index contributed by atoms with van der Waals surface area (Å²) in [5, 5.41) is 1.39. The largest absolute Gasteiger partial charge is 0.347 e. The predicted octanol–water partition coefficient (Wildman–Crippen LogP) is 5.41. The molecule has 1 saturated heterocycles. The van der Waals surface area contributed by atoms with Gasteiger partial charge in [0.25, 0.3) is 0 Å². The average Bonchev–Trinajstić information content (AvgIpc) is 2.86. The molecule has 0 amide bonds. The lowest BCUT2D eigenvalue weighted by Gasteiger charge is -2.26. The normalized spacial score (nSPS) is 16.5. The van der Waals surface area contributed by atoms with Crippen LogP contribution >= 0.6 is 27.5 Å². The monoisotopic (exact) mass is 382 g/mol. The number of hydrogen-bond donors (Lipinski definition) is 0. The summed E-state index contributed by atoms with van der Waals surface area (Å²) in [6, 6.07) is 6.65. The van der Waals surface area contributed by atoms with E-state index in [2.05, 4.69) is 49.8 Å². The molecule has 2 aromatic rings. The molecule has 2 nitrogen and oxygen atoms in total. The molecule has 1 aliphatic heterocycles. The molecule has 22 heavy (non-hydrogen) atoms. The van der Waals surface area contributed by atoms with Gasteiger partial charge in [-0.15, -0.1) is 11.6 Å². The molecule has 2 heterocycles. The molecule has 1 aromatic carbocycles. The van der Waals surface area contributed by atoms with Crippen molar-refractivity contribution in [3.05, 3.63) is 34.4 Å². The Morgan fingerprint density at radius 2 is 1.91 bits per heavy atom. The van der Waals surface area contributed by atoms with Crippen molar-refractivity contribution in [2.45, 2.75) is 45.2 Å². The van der Waals surface area contributed by atoms with Gasteiger partial charge in [-0.3, -0.25) is 4.90 Å². The Morgan fingerprint density at radius 3 is 2.68 bits per heavy atom. The fourth-order valence-electron chi connectivity index (χ4n) is 3.39. The van der Waals surface area contributed by atoms with Gasteiger partial charge in [0.15, 0.2) is 0 Å². The van der Waals surface area contributed by atoms with E-state index < -0.39 is 0 Å². The van der Waals surface area contributed by atoms with Crippen molar-refractivity contribution in [1.82, 2.24) is 9.47 Å². The van der Waals surface area contributed by atoms with Crippen LogP contribution in [-0.2, 0) is 13.1 Å². The van der Waals surface area contributed by atoms with Crippen LogP contribution in [0.25, 0.3) is 10.9 Å². The number of aromatic nitrogens is 1. The van der Waals surface area contributed by atoms with E-state index in [9.17, 15) is 0 Å². The first kappa shape index (κ1) is 16.4. The maximum absolute atomic E-state index is 5.82. The van der Waals surface area contributed by atoms with Crippen LogP contribution in [0.5, 0.6) is 0 Å². The van der Waals surface area contributed by atoms with Crippen LogP contribution in [0.1, 0.15) is 37.7 Å². The highest BCUT2D eigenvalue weighted by molar-refractivity contribution is 9.10. The molecule has 1 fully saturated rings. The number of alkyl halides is 1. The van der Waals surface area contributed by atoms with Gasteiger partial charge in [-0.2, -0.15) is 0 Å². The number of halogens is 2. The molecule has 0 unspecified atom stereocenters. The van der Waals surface area contributed by atoms with Crippen molar-refractivity contribution in [2.24, 2.45) is 0 Å². The quantitative estimate of drug-likeness (QED) is 0.478. The molecular formula is C18H24BrClN2. The first-order valence-electron chi connectivity index (χ1n) is 8.33. The van der Waals surface area contributed by atoms with E-state index in [1.165, 1.54) is 53.3 Å². The molecule has 1 aliphatic rings. The van der Waals surface area contributed by atoms with Crippen LogP contribution in [0.3, 0.4) is 0 Å². The van der Waals surface area contributed by atoms with Gasteiger partial charge in [0, 0.05) is 40.5 Å². The van der Waals surface area contributed by atoms with Crippen LogP contribution in [0.2, 0.25) is 0 Å². The third kappa shape index (κ3) is 3.87. The highest BCUT2D eigenvalue weighted by Gasteiger charge is 2.15. The number of benzene rings is 1. The highest BCUT2D eigenvalue weighted by Crippen LogP contribution is 2.27. The number of aryl methyl sites for hydroxylation is 1. The Bertz CT molecular complexity index is 617. The summed E-state index contributed by atoms with van der Waals surface area (Å²) in [6.45, 7) is 4.63. The molecule has 3 rings (SSSR count). The summed E-state index contributed by atoms with van der Waals surface area (Å²) < 4.78 is 3.58. The van der Waals surface area contributed by atoms with Gasteiger partial charge in [-0.1, -0.05) is 22.4 Å². The van der Waals surface area contributed by atoms with Gasteiger partial charge in [0.2, 0.25) is 0 Å². The number of fused-ring (bicyclic) bond motifs is 1. The van der Waals surface area contributed by atoms with Crippen molar-refractivity contribution in [3.8, 4) is 0 Å². The van der Waals surface area contributed by atoms with Crippen LogP contribution in [0.15, 0.2) is 28.9 Å². The van der Waals surface area contributed by atoms with Crippen molar-refractivity contribution < 1.29 is 0 Å². The van der Waals surface area contributed by atoms with E-state index in [0.29, 0.717) is 0 Å². The van der Waals surface area contributed by atoms with Crippen LogP contribution in [0.4, 0.5) is 0 Å². The van der Waals surface area contributed by atoms with Gasteiger partial charge >= 0.3 is 0 Å². The number of hydrogen-bond acceptors (Lipinski definition) is 1. The topological polar surface area (TPSA) is 8.17 Å². The van der Waals surface area contributed by atoms with Gasteiger partial charge in [-0.05, 0) is 62.5 Å². The Morgan fingerprint density at radius 1 is 1.09 bits per heavy atom. The zero-order valence-corrected chi connectivity index (χ0v) is 15.4. The summed E-state index contributed by atoms with van der Waals surface area (Å²) in [4.78, 5) is 2.60. The average molecular weight is 384 g/mol. The standard InChI is InChI=1S/C18H24BrClN2/c19-16-6-7-18-17(12-16)15(13-21-9-3-1-4-10-21)14-22(18)11-5-2-8-20/h6-7,12,14H,1-5,8-11,13H2. The maximum atomic E-state index is 5.82. The van der Waals surface area contributed by atoms with Gasteiger partial charge in [0.05, 0.1) is 0 Å². The fourth-order valence-corrected chi connectivity index (χ4v) is 3.94. The maximum Gasteiger partial charge on any atom is 0.0484 e. The molecule has 0 saturated carbocycles. The number of rotatable bonds is 6. The third-order valence-corrected chi connectivity index (χ3v) is 5.31. The number of unbranched alkanes of at least 4 members (excludes halogenated alkanes) is 1. The molecule has 0 atom stereocenters. The van der Waals surface area contributed by atoms with E-state index in [-0.39, 0.29) is 0 Å². The fraction of sp³-hybridized carbons (Fsp3) is 0.556. The van der Waals surface area contributed by atoms with E-state index in [0.717, 1.165) is 31.8 Å².